The molecular formula is C25H28FN3O3. The van der Waals surface area contributed by atoms with Gasteiger partial charge in [-0.1, -0.05) is 36.4 Å². The van der Waals surface area contributed by atoms with Gasteiger partial charge in [-0.25, -0.2) is 4.39 Å². The van der Waals surface area contributed by atoms with Gasteiger partial charge in [0.05, 0.1) is 12.7 Å². The van der Waals surface area contributed by atoms with Crippen molar-refractivity contribution < 1.29 is 18.7 Å². The fourth-order valence-corrected chi connectivity index (χ4v) is 4.34. The monoisotopic (exact) mass is 437 g/mol. The molecule has 32 heavy (non-hydrogen) atoms. The van der Waals surface area contributed by atoms with Crippen molar-refractivity contribution in [1.29, 1.82) is 5.26 Å². The number of esters is 1. The highest BCUT2D eigenvalue weighted by molar-refractivity contribution is 6.04. The summed E-state index contributed by atoms with van der Waals surface area (Å²) in [5.74, 6) is -1.75. The lowest BCUT2D eigenvalue weighted by molar-refractivity contribution is -0.145. The number of piperidine rings is 1. The largest absolute Gasteiger partial charge is 0.466 e. The van der Waals surface area contributed by atoms with Gasteiger partial charge in [-0.3, -0.25) is 19.4 Å². The van der Waals surface area contributed by atoms with Gasteiger partial charge in [0.25, 0.3) is 0 Å². The first-order valence-corrected chi connectivity index (χ1v) is 10.8. The van der Waals surface area contributed by atoms with Crippen LogP contribution in [0.5, 0.6) is 0 Å². The Bertz CT molecular complexity index is 991. The van der Waals surface area contributed by atoms with E-state index in [1.807, 2.05) is 25.1 Å². The maximum atomic E-state index is 14.0. The van der Waals surface area contributed by atoms with Crippen molar-refractivity contribution in [2.45, 2.75) is 51.2 Å². The Balaban J connectivity index is 1.89. The molecule has 0 aliphatic carbocycles. The molecule has 0 aromatic heterocycles. The molecule has 1 aliphatic rings. The summed E-state index contributed by atoms with van der Waals surface area (Å²) >= 11 is 0. The van der Waals surface area contributed by atoms with Gasteiger partial charge in [-0.05, 0) is 50.5 Å². The molecule has 0 radical (unpaired) electrons. The van der Waals surface area contributed by atoms with Crippen molar-refractivity contribution in [3.63, 3.8) is 0 Å². The van der Waals surface area contributed by atoms with Crippen LogP contribution in [0.3, 0.4) is 0 Å². The third-order valence-electron chi connectivity index (χ3n) is 5.85. The molecule has 1 saturated heterocycles. The predicted octanol–water partition coefficient (Wildman–Crippen LogP) is 4.06. The molecule has 0 N–H and O–H groups in total. The van der Waals surface area contributed by atoms with Crippen LogP contribution in [0.2, 0.25) is 0 Å². The maximum absolute atomic E-state index is 14.0. The van der Waals surface area contributed by atoms with E-state index in [0.29, 0.717) is 19.4 Å². The summed E-state index contributed by atoms with van der Waals surface area (Å²) in [4.78, 5) is 28.8. The SMILES string of the molecule is CCOC(=O)CC(=O)N(c1cccc(F)c1)[C@]1(C#N)CCN(Cc2ccccc2)[C@@H](C)C1. The summed E-state index contributed by atoms with van der Waals surface area (Å²) in [5.41, 5.74) is 0.248. The number of nitriles is 1. The highest BCUT2D eigenvalue weighted by Gasteiger charge is 2.46. The average Bonchev–Trinajstić information content (AvgIpc) is 2.76. The minimum atomic E-state index is -1.19. The Morgan fingerprint density at radius 2 is 2.00 bits per heavy atom. The van der Waals surface area contributed by atoms with Crippen molar-refractivity contribution in [3.8, 4) is 6.07 Å². The van der Waals surface area contributed by atoms with Crippen molar-refractivity contribution in [1.82, 2.24) is 4.90 Å². The standard InChI is InChI=1S/C25H28FN3O3/c1-3-32-24(31)15-23(30)29(22-11-7-10-21(26)14-22)25(18-27)12-13-28(19(2)16-25)17-20-8-5-4-6-9-20/h4-11,14,19H,3,12-13,15-17H2,1-2H3/t19-,25+/m0/s1. The third-order valence-corrected chi connectivity index (χ3v) is 5.85. The number of likely N-dealkylation sites (tertiary alicyclic amines) is 1. The molecule has 2 aromatic rings. The molecule has 1 fully saturated rings. The van der Waals surface area contributed by atoms with E-state index in [-0.39, 0.29) is 18.3 Å². The molecule has 0 saturated carbocycles. The Labute approximate surface area is 188 Å². The highest BCUT2D eigenvalue weighted by Crippen LogP contribution is 2.37. The fraction of sp³-hybridized carbons (Fsp3) is 0.400. The van der Waals surface area contributed by atoms with E-state index in [9.17, 15) is 19.2 Å². The maximum Gasteiger partial charge on any atom is 0.315 e. The molecule has 1 amide bonds. The van der Waals surface area contributed by atoms with Gasteiger partial charge in [0.2, 0.25) is 5.91 Å². The lowest BCUT2D eigenvalue weighted by Crippen LogP contribution is -2.59. The number of anilines is 1. The van der Waals surface area contributed by atoms with E-state index < -0.39 is 29.7 Å². The second-order valence-electron chi connectivity index (χ2n) is 8.09. The van der Waals surface area contributed by atoms with Crippen molar-refractivity contribution in [3.05, 3.63) is 66.0 Å². The quantitative estimate of drug-likeness (QED) is 0.482. The Hall–Kier alpha value is -3.24. The Kier molecular flexibility index (Phi) is 7.60. The molecule has 0 bridgehead atoms. The molecule has 7 heteroatoms. The molecule has 2 atom stereocenters. The van der Waals surface area contributed by atoms with E-state index in [0.717, 1.165) is 6.54 Å². The zero-order valence-electron chi connectivity index (χ0n) is 18.5. The Morgan fingerprint density at radius 1 is 1.25 bits per heavy atom. The number of nitrogens with zero attached hydrogens (tertiary/aromatic N) is 3. The summed E-state index contributed by atoms with van der Waals surface area (Å²) < 4.78 is 19.0. The second kappa shape index (κ2) is 10.4. The highest BCUT2D eigenvalue weighted by atomic mass is 19.1. The van der Waals surface area contributed by atoms with Crippen molar-refractivity contribution in [2.24, 2.45) is 0 Å². The molecule has 168 valence electrons. The molecule has 0 spiro atoms. The summed E-state index contributed by atoms with van der Waals surface area (Å²) in [5, 5.41) is 10.3. The van der Waals surface area contributed by atoms with Crippen LogP contribution in [-0.4, -0.2) is 41.5 Å². The normalized spacial score (nSPS) is 20.9. The first-order chi connectivity index (χ1) is 15.4. The summed E-state index contributed by atoms with van der Waals surface area (Å²) in [6, 6.07) is 18.0. The lowest BCUT2D eigenvalue weighted by Gasteiger charge is -2.47. The number of benzene rings is 2. The molecule has 3 rings (SSSR count). The average molecular weight is 438 g/mol. The van der Waals surface area contributed by atoms with Gasteiger partial charge in [0.1, 0.15) is 17.8 Å². The summed E-state index contributed by atoms with van der Waals surface area (Å²) in [6.07, 6.45) is 0.253. The lowest BCUT2D eigenvalue weighted by atomic mass is 9.82. The van der Waals surface area contributed by atoms with Gasteiger partial charge < -0.3 is 4.74 Å². The van der Waals surface area contributed by atoms with Gasteiger partial charge in [-0.2, -0.15) is 5.26 Å². The van der Waals surface area contributed by atoms with Crippen LogP contribution in [0, 0.1) is 17.1 Å². The fourth-order valence-electron chi connectivity index (χ4n) is 4.34. The zero-order valence-corrected chi connectivity index (χ0v) is 18.5. The summed E-state index contributed by atoms with van der Waals surface area (Å²) in [6.45, 7) is 5.16. The number of hydrogen-bond donors (Lipinski definition) is 0. The zero-order chi connectivity index (χ0) is 23.1. The number of amides is 1. The van der Waals surface area contributed by atoms with Crippen LogP contribution in [0.4, 0.5) is 10.1 Å². The van der Waals surface area contributed by atoms with Gasteiger partial charge in [0.15, 0.2) is 0 Å². The number of halogens is 1. The Morgan fingerprint density at radius 3 is 2.62 bits per heavy atom. The van der Waals surface area contributed by atoms with Crippen LogP contribution in [-0.2, 0) is 20.9 Å². The molecule has 0 unspecified atom stereocenters. The number of hydrogen-bond acceptors (Lipinski definition) is 5. The van der Waals surface area contributed by atoms with E-state index in [1.165, 1.54) is 28.7 Å². The van der Waals surface area contributed by atoms with E-state index in [4.69, 9.17) is 4.74 Å². The van der Waals surface area contributed by atoms with Gasteiger partial charge in [0, 0.05) is 24.8 Å². The van der Waals surface area contributed by atoms with Crippen LogP contribution in [0.25, 0.3) is 0 Å². The predicted molar refractivity (Wildman–Crippen MR) is 119 cm³/mol. The third kappa shape index (κ3) is 5.32. The van der Waals surface area contributed by atoms with Crippen molar-refractivity contribution in [2.75, 3.05) is 18.1 Å². The van der Waals surface area contributed by atoms with Crippen LogP contribution >= 0.6 is 0 Å². The van der Waals surface area contributed by atoms with Crippen LogP contribution in [0.1, 0.15) is 38.7 Å². The number of rotatable bonds is 7. The first kappa shape index (κ1) is 23.4. The first-order valence-electron chi connectivity index (χ1n) is 10.8. The van der Waals surface area contributed by atoms with Gasteiger partial charge in [-0.15, -0.1) is 0 Å². The van der Waals surface area contributed by atoms with Crippen molar-refractivity contribution >= 4 is 17.6 Å². The second-order valence-corrected chi connectivity index (χ2v) is 8.09. The van der Waals surface area contributed by atoms with E-state index in [2.05, 4.69) is 23.1 Å². The number of carbonyl (C=O) groups is 2. The number of carbonyl (C=O) groups excluding carboxylic acids is 2. The molecule has 2 aromatic carbocycles. The van der Waals surface area contributed by atoms with Crippen LogP contribution < -0.4 is 4.90 Å². The summed E-state index contributed by atoms with van der Waals surface area (Å²) in [7, 11) is 0. The van der Waals surface area contributed by atoms with Crippen LogP contribution in [0.15, 0.2) is 54.6 Å². The topological polar surface area (TPSA) is 73.6 Å². The van der Waals surface area contributed by atoms with E-state index in [1.54, 1.807) is 13.0 Å². The number of ether oxygens (including phenoxy) is 1. The minimum absolute atomic E-state index is 0.00458. The van der Waals surface area contributed by atoms with Gasteiger partial charge >= 0.3 is 5.97 Å². The molecule has 6 nitrogen and oxygen atoms in total. The molecule has 1 aliphatic heterocycles. The van der Waals surface area contributed by atoms with E-state index >= 15 is 0 Å². The smallest absolute Gasteiger partial charge is 0.315 e. The molecular weight excluding hydrogens is 409 g/mol. The molecule has 1 heterocycles. The minimum Gasteiger partial charge on any atom is -0.466 e.